The number of benzene rings is 1. The van der Waals surface area contributed by atoms with E-state index in [1.54, 1.807) is 0 Å². The number of carbonyl (C=O) groups is 1. The van der Waals surface area contributed by atoms with Crippen LogP contribution >= 0.6 is 0 Å². The van der Waals surface area contributed by atoms with E-state index in [4.69, 9.17) is 10.8 Å². The summed E-state index contributed by atoms with van der Waals surface area (Å²) in [4.78, 5) is 10.6. The summed E-state index contributed by atoms with van der Waals surface area (Å²) in [6.07, 6.45) is 1.68. The predicted molar refractivity (Wildman–Crippen MR) is 87.3 cm³/mol. The van der Waals surface area contributed by atoms with Crippen LogP contribution in [-0.4, -0.2) is 11.1 Å². The van der Waals surface area contributed by atoms with Gasteiger partial charge >= 0.3 is 5.97 Å². The number of hydrogen-bond donors (Lipinski definition) is 2. The van der Waals surface area contributed by atoms with Crippen molar-refractivity contribution in [2.24, 2.45) is 11.1 Å². The molecule has 1 aromatic carbocycles. The molecule has 21 heavy (non-hydrogen) atoms. The molecule has 3 heteroatoms. The van der Waals surface area contributed by atoms with Gasteiger partial charge in [-0.25, -0.2) is 0 Å². The average molecular weight is 291 g/mol. The molecule has 1 unspecified atom stereocenters. The summed E-state index contributed by atoms with van der Waals surface area (Å²) in [5.41, 5.74) is 8.74. The molecule has 3 nitrogen and oxygen atoms in total. The Morgan fingerprint density at radius 3 is 2.10 bits per heavy atom. The molecule has 1 atom stereocenters. The lowest BCUT2D eigenvalue weighted by Crippen LogP contribution is -2.25. The second-order valence-electron chi connectivity index (χ2n) is 7.78. The van der Waals surface area contributed by atoms with Crippen LogP contribution in [0.15, 0.2) is 24.3 Å². The third-order valence-electron chi connectivity index (χ3n) is 3.76. The van der Waals surface area contributed by atoms with Gasteiger partial charge in [0.25, 0.3) is 0 Å². The van der Waals surface area contributed by atoms with Crippen molar-refractivity contribution in [3.63, 3.8) is 0 Å². The first-order valence-corrected chi connectivity index (χ1v) is 7.59. The second kappa shape index (κ2) is 6.61. The Labute approximate surface area is 128 Å². The second-order valence-corrected chi connectivity index (χ2v) is 7.78. The first kappa shape index (κ1) is 17.7. The molecule has 0 bridgehead atoms. The van der Waals surface area contributed by atoms with E-state index in [0.717, 1.165) is 12.0 Å². The Bertz CT molecular complexity index is 469. The maximum Gasteiger partial charge on any atom is 0.303 e. The molecule has 0 saturated heterocycles. The van der Waals surface area contributed by atoms with Gasteiger partial charge in [0.05, 0.1) is 0 Å². The van der Waals surface area contributed by atoms with Crippen LogP contribution in [0, 0.1) is 5.41 Å². The lowest BCUT2D eigenvalue weighted by molar-refractivity contribution is -0.137. The first-order chi connectivity index (χ1) is 9.51. The highest BCUT2D eigenvalue weighted by molar-refractivity contribution is 5.66. The van der Waals surface area contributed by atoms with Gasteiger partial charge in [-0.15, -0.1) is 0 Å². The fourth-order valence-electron chi connectivity index (χ4n) is 3.06. The Kier molecular flexibility index (Phi) is 5.57. The molecule has 0 fully saturated rings. The van der Waals surface area contributed by atoms with Crippen molar-refractivity contribution in [2.75, 3.05) is 0 Å². The van der Waals surface area contributed by atoms with Gasteiger partial charge in [0.2, 0.25) is 0 Å². The predicted octanol–water partition coefficient (Wildman–Crippen LogP) is 4.27. The summed E-state index contributed by atoms with van der Waals surface area (Å²) in [6.45, 7) is 11.3. The maximum absolute atomic E-state index is 10.6. The smallest absolute Gasteiger partial charge is 0.303 e. The minimum absolute atomic E-state index is 0.110. The standard InChI is InChI=1S/C18H29NO2/c1-17(2,3)12-18(4,5)14-8-6-13(7-9-14)15(19)10-11-16(20)21/h6-9,15H,10-12,19H2,1-5H3,(H,20,21). The van der Waals surface area contributed by atoms with Crippen molar-refractivity contribution in [1.82, 2.24) is 0 Å². The third-order valence-corrected chi connectivity index (χ3v) is 3.76. The average Bonchev–Trinajstić information content (AvgIpc) is 2.33. The highest BCUT2D eigenvalue weighted by atomic mass is 16.4. The van der Waals surface area contributed by atoms with Gasteiger partial charge in [0, 0.05) is 12.5 Å². The van der Waals surface area contributed by atoms with E-state index >= 15 is 0 Å². The summed E-state index contributed by atoms with van der Waals surface area (Å²) in [7, 11) is 0. The van der Waals surface area contributed by atoms with Crippen LogP contribution in [0.3, 0.4) is 0 Å². The maximum atomic E-state index is 10.6. The minimum Gasteiger partial charge on any atom is -0.481 e. The van der Waals surface area contributed by atoms with E-state index in [-0.39, 0.29) is 23.3 Å². The molecule has 0 aliphatic rings. The van der Waals surface area contributed by atoms with Gasteiger partial charge < -0.3 is 10.8 Å². The van der Waals surface area contributed by atoms with E-state index in [1.807, 2.05) is 12.1 Å². The lowest BCUT2D eigenvalue weighted by Gasteiger charge is -2.33. The third kappa shape index (κ3) is 5.88. The Hall–Kier alpha value is -1.35. The molecule has 0 aliphatic carbocycles. The van der Waals surface area contributed by atoms with Crippen LogP contribution in [0.25, 0.3) is 0 Å². The number of nitrogens with two attached hydrogens (primary N) is 1. The van der Waals surface area contributed by atoms with Crippen LogP contribution in [0.4, 0.5) is 0 Å². The van der Waals surface area contributed by atoms with Gasteiger partial charge in [0.1, 0.15) is 0 Å². The van der Waals surface area contributed by atoms with E-state index in [0.29, 0.717) is 6.42 Å². The minimum atomic E-state index is -0.798. The molecule has 0 heterocycles. The largest absolute Gasteiger partial charge is 0.481 e. The molecule has 0 saturated carbocycles. The summed E-state index contributed by atoms with van der Waals surface area (Å²) in [5.74, 6) is -0.798. The fraction of sp³-hybridized carbons (Fsp3) is 0.611. The zero-order valence-electron chi connectivity index (χ0n) is 13.9. The molecule has 0 spiro atoms. The van der Waals surface area contributed by atoms with Crippen molar-refractivity contribution in [1.29, 1.82) is 0 Å². The van der Waals surface area contributed by atoms with Crippen molar-refractivity contribution >= 4 is 5.97 Å². The van der Waals surface area contributed by atoms with Gasteiger partial charge in [-0.05, 0) is 34.8 Å². The SMILES string of the molecule is CC(C)(C)CC(C)(C)c1ccc(C(N)CCC(=O)O)cc1. The molecule has 0 aromatic heterocycles. The number of aliphatic carboxylic acids is 1. The number of carboxylic acid groups (broad SMARTS) is 1. The molecule has 0 aliphatic heterocycles. The Morgan fingerprint density at radius 2 is 1.67 bits per heavy atom. The highest BCUT2D eigenvalue weighted by Crippen LogP contribution is 2.36. The van der Waals surface area contributed by atoms with Crippen molar-refractivity contribution in [3.05, 3.63) is 35.4 Å². The van der Waals surface area contributed by atoms with Gasteiger partial charge in [-0.3, -0.25) is 4.79 Å². The number of carboxylic acids is 1. The van der Waals surface area contributed by atoms with Gasteiger partial charge in [-0.1, -0.05) is 58.9 Å². The molecule has 1 rings (SSSR count). The fourth-order valence-corrected chi connectivity index (χ4v) is 3.06. The van der Waals surface area contributed by atoms with Crippen LogP contribution in [0.5, 0.6) is 0 Å². The van der Waals surface area contributed by atoms with Crippen LogP contribution in [-0.2, 0) is 10.2 Å². The quantitative estimate of drug-likeness (QED) is 0.823. The topological polar surface area (TPSA) is 63.3 Å². The molecule has 0 amide bonds. The normalized spacial score (nSPS) is 14.0. The first-order valence-electron chi connectivity index (χ1n) is 7.59. The Balaban J connectivity index is 2.79. The van der Waals surface area contributed by atoms with Crippen molar-refractivity contribution in [2.45, 2.75) is 65.3 Å². The zero-order valence-corrected chi connectivity index (χ0v) is 13.9. The number of rotatable bonds is 6. The Morgan fingerprint density at radius 1 is 1.14 bits per heavy atom. The van der Waals surface area contributed by atoms with E-state index < -0.39 is 5.97 Å². The van der Waals surface area contributed by atoms with Crippen LogP contribution < -0.4 is 5.73 Å². The lowest BCUT2D eigenvalue weighted by atomic mass is 9.72. The molecule has 3 N–H and O–H groups in total. The monoisotopic (exact) mass is 291 g/mol. The van der Waals surface area contributed by atoms with Gasteiger partial charge in [0.15, 0.2) is 0 Å². The molecule has 1 aromatic rings. The molecule has 0 radical (unpaired) electrons. The van der Waals surface area contributed by atoms with Gasteiger partial charge in [-0.2, -0.15) is 0 Å². The summed E-state index contributed by atoms with van der Waals surface area (Å²) in [6, 6.07) is 8.11. The summed E-state index contributed by atoms with van der Waals surface area (Å²) in [5, 5.41) is 8.71. The molecular formula is C18H29NO2. The van der Waals surface area contributed by atoms with Crippen LogP contribution in [0.1, 0.15) is 71.0 Å². The zero-order chi connectivity index (χ0) is 16.3. The van der Waals surface area contributed by atoms with Crippen LogP contribution in [0.2, 0.25) is 0 Å². The van der Waals surface area contributed by atoms with Crippen molar-refractivity contribution in [3.8, 4) is 0 Å². The summed E-state index contributed by atoms with van der Waals surface area (Å²) >= 11 is 0. The van der Waals surface area contributed by atoms with E-state index in [9.17, 15) is 4.79 Å². The molecule has 118 valence electrons. The molecular weight excluding hydrogens is 262 g/mol. The number of hydrogen-bond acceptors (Lipinski definition) is 2. The van der Waals surface area contributed by atoms with E-state index in [1.165, 1.54) is 5.56 Å². The highest BCUT2D eigenvalue weighted by Gasteiger charge is 2.27. The van der Waals surface area contributed by atoms with Crippen molar-refractivity contribution < 1.29 is 9.90 Å². The van der Waals surface area contributed by atoms with E-state index in [2.05, 4.69) is 46.8 Å². The summed E-state index contributed by atoms with van der Waals surface area (Å²) < 4.78 is 0.